The molecule has 1 atom stereocenters. The molecule has 1 heterocycles. The van der Waals surface area contributed by atoms with Crippen LogP contribution in [0.4, 0.5) is 10.5 Å². The monoisotopic (exact) mass is 349 g/mol. The molecule has 2 amide bonds. The zero-order valence-electron chi connectivity index (χ0n) is 14.9. The van der Waals surface area contributed by atoms with E-state index in [9.17, 15) is 9.59 Å². The van der Waals surface area contributed by atoms with Gasteiger partial charge in [0.15, 0.2) is 0 Å². The average Bonchev–Trinajstić information content (AvgIpc) is 2.65. The molecule has 138 valence electrons. The van der Waals surface area contributed by atoms with Gasteiger partial charge in [-0.1, -0.05) is 6.92 Å². The van der Waals surface area contributed by atoms with E-state index in [1.165, 1.54) is 0 Å². The topological polar surface area (TPSA) is 79.9 Å². The van der Waals surface area contributed by atoms with Crippen molar-refractivity contribution >= 4 is 17.7 Å². The van der Waals surface area contributed by atoms with Crippen molar-refractivity contribution in [3.8, 4) is 0 Å². The van der Waals surface area contributed by atoms with Gasteiger partial charge in [0, 0.05) is 31.4 Å². The fourth-order valence-electron chi connectivity index (χ4n) is 2.53. The van der Waals surface area contributed by atoms with Crippen LogP contribution in [0.1, 0.15) is 30.6 Å². The first-order valence-electron chi connectivity index (χ1n) is 8.74. The van der Waals surface area contributed by atoms with E-state index >= 15 is 0 Å². The van der Waals surface area contributed by atoms with Gasteiger partial charge in [0.25, 0.3) is 0 Å². The van der Waals surface area contributed by atoms with Crippen molar-refractivity contribution < 1.29 is 19.1 Å². The highest BCUT2D eigenvalue weighted by Gasteiger charge is 2.17. The van der Waals surface area contributed by atoms with E-state index in [0.29, 0.717) is 24.4 Å². The highest BCUT2D eigenvalue weighted by atomic mass is 16.5. The minimum Gasteiger partial charge on any atom is -0.462 e. The summed E-state index contributed by atoms with van der Waals surface area (Å²) in [5, 5.41) is 5.63. The molecule has 0 aromatic heterocycles. The van der Waals surface area contributed by atoms with Gasteiger partial charge in [-0.2, -0.15) is 0 Å². The second kappa shape index (κ2) is 10.0. The number of benzene rings is 1. The van der Waals surface area contributed by atoms with E-state index in [0.717, 1.165) is 32.7 Å². The van der Waals surface area contributed by atoms with Gasteiger partial charge in [-0.25, -0.2) is 9.59 Å². The molecular formula is C18H27N3O4. The third-order valence-corrected chi connectivity index (χ3v) is 4.04. The Kier molecular flexibility index (Phi) is 7.69. The molecule has 0 aliphatic carbocycles. The maximum Gasteiger partial charge on any atom is 0.338 e. The molecule has 0 saturated carbocycles. The quantitative estimate of drug-likeness (QED) is 0.737. The second-order valence-electron chi connectivity index (χ2n) is 6.05. The predicted molar refractivity (Wildman–Crippen MR) is 95.9 cm³/mol. The number of anilines is 1. The Morgan fingerprint density at radius 3 is 2.56 bits per heavy atom. The normalized spacial score (nSPS) is 16.1. The smallest absolute Gasteiger partial charge is 0.338 e. The number of hydrogen-bond acceptors (Lipinski definition) is 5. The minimum absolute atomic E-state index is 0.255. The Labute approximate surface area is 148 Å². The van der Waals surface area contributed by atoms with Gasteiger partial charge in [-0.3, -0.25) is 4.90 Å². The van der Waals surface area contributed by atoms with Crippen molar-refractivity contribution in [2.75, 3.05) is 44.8 Å². The molecule has 1 aliphatic rings. The number of nitrogens with one attached hydrogen (secondary N) is 2. The number of ether oxygens (including phenoxy) is 2. The molecule has 0 radical (unpaired) electrons. The Morgan fingerprint density at radius 2 is 1.92 bits per heavy atom. The van der Waals surface area contributed by atoms with E-state index < -0.39 is 0 Å². The van der Waals surface area contributed by atoms with E-state index in [1.54, 1.807) is 24.3 Å². The predicted octanol–water partition coefficient (Wildman–Crippen LogP) is 2.10. The Bertz CT molecular complexity index is 556. The number of urea groups is 1. The van der Waals surface area contributed by atoms with Gasteiger partial charge < -0.3 is 20.1 Å². The lowest BCUT2D eigenvalue weighted by molar-refractivity contribution is 0.0209. The third-order valence-electron chi connectivity index (χ3n) is 4.04. The summed E-state index contributed by atoms with van der Waals surface area (Å²) in [5.41, 5.74) is 1.10. The molecule has 0 unspecified atom stereocenters. The van der Waals surface area contributed by atoms with Crippen molar-refractivity contribution in [1.82, 2.24) is 10.2 Å². The van der Waals surface area contributed by atoms with Gasteiger partial charge in [-0.05, 0) is 37.6 Å². The van der Waals surface area contributed by atoms with Crippen LogP contribution in [-0.2, 0) is 9.47 Å². The number of carbonyl (C=O) groups is 2. The number of morpholine rings is 1. The molecule has 1 aliphatic heterocycles. The van der Waals surface area contributed by atoms with Gasteiger partial charge >= 0.3 is 12.0 Å². The van der Waals surface area contributed by atoms with Crippen LogP contribution in [0.3, 0.4) is 0 Å². The third kappa shape index (κ3) is 6.36. The number of hydrogen-bond donors (Lipinski definition) is 2. The zero-order valence-corrected chi connectivity index (χ0v) is 14.9. The van der Waals surface area contributed by atoms with Crippen LogP contribution < -0.4 is 10.6 Å². The lowest BCUT2D eigenvalue weighted by Crippen LogP contribution is -2.47. The Balaban J connectivity index is 1.75. The maximum absolute atomic E-state index is 12.0. The molecule has 0 bridgehead atoms. The van der Waals surface area contributed by atoms with Crippen molar-refractivity contribution in [1.29, 1.82) is 0 Å². The number of nitrogens with zero attached hydrogens (tertiary/aromatic N) is 1. The fourth-order valence-corrected chi connectivity index (χ4v) is 2.53. The van der Waals surface area contributed by atoms with Crippen LogP contribution >= 0.6 is 0 Å². The zero-order chi connectivity index (χ0) is 18.1. The van der Waals surface area contributed by atoms with Crippen LogP contribution in [-0.4, -0.2) is 62.4 Å². The molecular weight excluding hydrogens is 322 g/mol. The SMILES string of the molecule is CCCOC(=O)c1ccc(NC(=O)NC[C@H](C)N2CCOCC2)cc1. The van der Waals surface area contributed by atoms with E-state index in [1.807, 2.05) is 6.92 Å². The molecule has 2 N–H and O–H groups in total. The number of carbonyl (C=O) groups excluding carboxylic acids is 2. The molecule has 2 rings (SSSR count). The molecule has 0 spiro atoms. The number of esters is 1. The molecule has 1 saturated heterocycles. The molecule has 7 nitrogen and oxygen atoms in total. The van der Waals surface area contributed by atoms with Gasteiger partial charge in [-0.15, -0.1) is 0 Å². The number of amides is 2. The first-order valence-corrected chi connectivity index (χ1v) is 8.74. The van der Waals surface area contributed by atoms with Crippen LogP contribution in [0.25, 0.3) is 0 Å². The summed E-state index contributed by atoms with van der Waals surface area (Å²) in [6, 6.07) is 6.65. The molecule has 7 heteroatoms. The van der Waals surface area contributed by atoms with Gasteiger partial charge in [0.2, 0.25) is 0 Å². The van der Waals surface area contributed by atoms with Crippen molar-refractivity contribution in [3.05, 3.63) is 29.8 Å². The summed E-state index contributed by atoms with van der Waals surface area (Å²) in [4.78, 5) is 26.0. The summed E-state index contributed by atoms with van der Waals surface area (Å²) < 4.78 is 10.4. The first kappa shape index (κ1) is 19.2. The van der Waals surface area contributed by atoms with E-state index in [4.69, 9.17) is 9.47 Å². The fraction of sp³-hybridized carbons (Fsp3) is 0.556. The van der Waals surface area contributed by atoms with Crippen LogP contribution in [0.2, 0.25) is 0 Å². The van der Waals surface area contributed by atoms with Gasteiger partial charge in [0.1, 0.15) is 0 Å². The summed E-state index contributed by atoms with van der Waals surface area (Å²) in [7, 11) is 0. The summed E-state index contributed by atoms with van der Waals surface area (Å²) in [6.07, 6.45) is 0.786. The lowest BCUT2D eigenvalue weighted by atomic mass is 10.2. The second-order valence-corrected chi connectivity index (χ2v) is 6.05. The summed E-state index contributed by atoms with van der Waals surface area (Å²) in [6.45, 7) is 8.25. The average molecular weight is 349 g/mol. The highest BCUT2D eigenvalue weighted by molar-refractivity contribution is 5.92. The maximum atomic E-state index is 12.0. The van der Waals surface area contributed by atoms with Crippen molar-refractivity contribution in [2.45, 2.75) is 26.3 Å². The van der Waals surface area contributed by atoms with Crippen LogP contribution in [0, 0.1) is 0 Å². The summed E-state index contributed by atoms with van der Waals surface area (Å²) >= 11 is 0. The molecule has 1 fully saturated rings. The molecule has 1 aromatic rings. The van der Waals surface area contributed by atoms with Crippen molar-refractivity contribution in [3.63, 3.8) is 0 Å². The molecule has 1 aromatic carbocycles. The Morgan fingerprint density at radius 1 is 1.24 bits per heavy atom. The van der Waals surface area contributed by atoms with Gasteiger partial charge in [0.05, 0.1) is 25.4 Å². The first-order chi connectivity index (χ1) is 12.1. The Hall–Kier alpha value is -2.12. The standard InChI is InChI=1S/C18H27N3O4/c1-3-10-25-17(22)15-4-6-16(7-5-15)20-18(23)19-13-14(2)21-8-11-24-12-9-21/h4-7,14H,3,8-13H2,1-2H3,(H2,19,20,23)/t14-/m0/s1. The van der Waals surface area contributed by atoms with E-state index in [2.05, 4.69) is 22.5 Å². The largest absolute Gasteiger partial charge is 0.462 e. The lowest BCUT2D eigenvalue weighted by Gasteiger charge is -2.32. The van der Waals surface area contributed by atoms with Crippen LogP contribution in [0.15, 0.2) is 24.3 Å². The minimum atomic E-state index is -0.350. The van der Waals surface area contributed by atoms with E-state index in [-0.39, 0.29) is 18.0 Å². The number of rotatable bonds is 7. The molecule has 25 heavy (non-hydrogen) atoms. The summed E-state index contributed by atoms with van der Waals surface area (Å²) in [5.74, 6) is -0.350. The van der Waals surface area contributed by atoms with Crippen LogP contribution in [0.5, 0.6) is 0 Å². The highest BCUT2D eigenvalue weighted by Crippen LogP contribution is 2.11. The van der Waals surface area contributed by atoms with Crippen molar-refractivity contribution in [2.24, 2.45) is 0 Å².